The van der Waals surface area contributed by atoms with Gasteiger partial charge in [-0.1, -0.05) is 19.0 Å². The third kappa shape index (κ3) is 3.16. The lowest BCUT2D eigenvalue weighted by Crippen LogP contribution is -2.14. The van der Waals surface area contributed by atoms with Crippen molar-refractivity contribution in [3.8, 4) is 22.9 Å². The smallest absolute Gasteiger partial charge is 0.232 e. The first-order valence-corrected chi connectivity index (χ1v) is 6.84. The summed E-state index contributed by atoms with van der Waals surface area (Å²) in [6, 6.07) is 5.40. The summed E-state index contributed by atoms with van der Waals surface area (Å²) in [5, 5.41) is 13.8. The van der Waals surface area contributed by atoms with Crippen LogP contribution in [0, 0.1) is 0 Å². The van der Waals surface area contributed by atoms with Crippen molar-refractivity contribution in [2.24, 2.45) is 0 Å². The summed E-state index contributed by atoms with van der Waals surface area (Å²) < 4.78 is 15.7. The van der Waals surface area contributed by atoms with Gasteiger partial charge in [0.05, 0.1) is 26.2 Å². The third-order valence-corrected chi connectivity index (χ3v) is 3.47. The summed E-state index contributed by atoms with van der Waals surface area (Å²) in [6.07, 6.45) is 0.138. The van der Waals surface area contributed by atoms with Crippen molar-refractivity contribution in [1.29, 1.82) is 0 Å². The summed E-state index contributed by atoms with van der Waals surface area (Å²) in [5.74, 6) is 1.93. The minimum atomic E-state index is -0.497. The van der Waals surface area contributed by atoms with Crippen molar-refractivity contribution < 1.29 is 19.1 Å². The lowest BCUT2D eigenvalue weighted by Gasteiger charge is -2.11. The molecule has 1 heterocycles. The van der Waals surface area contributed by atoms with E-state index in [1.54, 1.807) is 26.4 Å². The van der Waals surface area contributed by atoms with Crippen molar-refractivity contribution in [2.75, 3.05) is 14.2 Å². The zero-order valence-corrected chi connectivity index (χ0v) is 12.7. The van der Waals surface area contributed by atoms with Crippen LogP contribution in [0.1, 0.15) is 32.1 Å². The van der Waals surface area contributed by atoms with Crippen LogP contribution in [-0.4, -0.2) is 35.6 Å². The van der Waals surface area contributed by atoms with Gasteiger partial charge in [0.2, 0.25) is 11.7 Å². The molecule has 0 aliphatic rings. The average Bonchev–Trinajstić information content (AvgIpc) is 3.02. The molecule has 6 nitrogen and oxygen atoms in total. The molecule has 2 rings (SSSR count). The van der Waals surface area contributed by atoms with Crippen LogP contribution in [0.3, 0.4) is 0 Å². The number of benzene rings is 1. The maximum Gasteiger partial charge on any atom is 0.232 e. The van der Waals surface area contributed by atoms with Gasteiger partial charge >= 0.3 is 0 Å². The van der Waals surface area contributed by atoms with E-state index < -0.39 is 6.10 Å². The highest BCUT2D eigenvalue weighted by Crippen LogP contribution is 2.31. The molecule has 0 fully saturated rings. The van der Waals surface area contributed by atoms with Crippen molar-refractivity contribution in [2.45, 2.75) is 32.3 Å². The Hall–Kier alpha value is -2.08. The van der Waals surface area contributed by atoms with Gasteiger partial charge in [-0.05, 0) is 24.6 Å². The second kappa shape index (κ2) is 6.58. The quantitative estimate of drug-likeness (QED) is 0.882. The van der Waals surface area contributed by atoms with Crippen LogP contribution in [0.5, 0.6) is 11.5 Å². The molecule has 6 heteroatoms. The van der Waals surface area contributed by atoms with Gasteiger partial charge in [0.15, 0.2) is 11.5 Å². The predicted molar refractivity (Wildman–Crippen MR) is 77.6 cm³/mol. The van der Waals surface area contributed by atoms with Crippen LogP contribution >= 0.6 is 0 Å². The average molecular weight is 292 g/mol. The maximum atomic E-state index is 9.85. The van der Waals surface area contributed by atoms with E-state index in [1.807, 2.05) is 19.9 Å². The molecule has 2 unspecified atom stereocenters. The highest BCUT2D eigenvalue weighted by atomic mass is 16.5. The fraction of sp³-hybridized carbons (Fsp3) is 0.467. The first kappa shape index (κ1) is 15.3. The summed E-state index contributed by atoms with van der Waals surface area (Å²) in [6.45, 7) is 3.77. The van der Waals surface area contributed by atoms with E-state index in [1.165, 1.54) is 0 Å². The minimum Gasteiger partial charge on any atom is -0.493 e. The SMILES string of the molecule is CCC(O)C(C)c1nc(-c2ccc(OC)c(OC)c2)no1. The third-order valence-electron chi connectivity index (χ3n) is 3.47. The second-order valence-corrected chi connectivity index (χ2v) is 4.79. The molecule has 0 radical (unpaired) electrons. The van der Waals surface area contributed by atoms with Crippen molar-refractivity contribution in [3.05, 3.63) is 24.1 Å². The van der Waals surface area contributed by atoms with E-state index in [0.29, 0.717) is 29.6 Å². The molecule has 1 aromatic heterocycles. The van der Waals surface area contributed by atoms with Gasteiger partial charge in [0, 0.05) is 5.56 Å². The Kier molecular flexibility index (Phi) is 4.80. The lowest BCUT2D eigenvalue weighted by atomic mass is 10.0. The van der Waals surface area contributed by atoms with Crippen LogP contribution in [0.15, 0.2) is 22.7 Å². The highest BCUT2D eigenvalue weighted by Gasteiger charge is 2.21. The molecule has 2 aromatic rings. The van der Waals surface area contributed by atoms with Crippen molar-refractivity contribution in [1.82, 2.24) is 10.1 Å². The number of aliphatic hydroxyl groups is 1. The summed E-state index contributed by atoms with van der Waals surface area (Å²) in [5.41, 5.74) is 0.765. The molecular formula is C15H20N2O4. The van der Waals surface area contributed by atoms with Gasteiger partial charge in [0.1, 0.15) is 0 Å². The maximum absolute atomic E-state index is 9.85. The monoisotopic (exact) mass is 292 g/mol. The Morgan fingerprint density at radius 3 is 2.57 bits per heavy atom. The van der Waals surface area contributed by atoms with E-state index >= 15 is 0 Å². The minimum absolute atomic E-state index is 0.198. The number of nitrogens with zero attached hydrogens (tertiary/aromatic N) is 2. The Balaban J connectivity index is 2.29. The van der Waals surface area contributed by atoms with Crippen LogP contribution < -0.4 is 9.47 Å². The number of methoxy groups -OCH3 is 2. The van der Waals surface area contributed by atoms with Gasteiger partial charge in [0.25, 0.3) is 0 Å². The Bertz CT molecular complexity index is 597. The van der Waals surface area contributed by atoms with E-state index in [2.05, 4.69) is 10.1 Å². The van der Waals surface area contributed by atoms with Crippen LogP contribution in [0.2, 0.25) is 0 Å². The predicted octanol–water partition coefficient (Wildman–Crippen LogP) is 2.63. The highest BCUT2D eigenvalue weighted by molar-refractivity contribution is 5.60. The Morgan fingerprint density at radius 1 is 1.24 bits per heavy atom. The molecule has 114 valence electrons. The fourth-order valence-electron chi connectivity index (χ4n) is 2.03. The molecule has 0 aliphatic carbocycles. The molecule has 2 atom stereocenters. The summed E-state index contributed by atoms with van der Waals surface area (Å²) in [4.78, 5) is 4.35. The van der Waals surface area contributed by atoms with Gasteiger partial charge in [-0.3, -0.25) is 0 Å². The molecule has 0 saturated carbocycles. The first-order chi connectivity index (χ1) is 10.1. The molecule has 21 heavy (non-hydrogen) atoms. The molecule has 0 saturated heterocycles. The number of aliphatic hydroxyl groups excluding tert-OH is 1. The molecule has 0 bridgehead atoms. The van der Waals surface area contributed by atoms with Gasteiger partial charge in [-0.2, -0.15) is 4.98 Å². The molecule has 0 aliphatic heterocycles. The van der Waals surface area contributed by atoms with Gasteiger partial charge in [-0.15, -0.1) is 0 Å². The van der Waals surface area contributed by atoms with E-state index in [4.69, 9.17) is 14.0 Å². The molecule has 1 N–H and O–H groups in total. The fourth-order valence-corrected chi connectivity index (χ4v) is 2.03. The standard InChI is InChI=1S/C15H20N2O4/c1-5-11(18)9(2)15-16-14(17-21-15)10-6-7-12(19-3)13(8-10)20-4/h6-9,11,18H,5H2,1-4H3. The van der Waals surface area contributed by atoms with Crippen LogP contribution in [0.4, 0.5) is 0 Å². The Morgan fingerprint density at radius 2 is 1.95 bits per heavy atom. The van der Waals surface area contributed by atoms with E-state index in [9.17, 15) is 5.11 Å². The zero-order chi connectivity index (χ0) is 15.4. The van der Waals surface area contributed by atoms with Crippen molar-refractivity contribution >= 4 is 0 Å². The Labute approximate surface area is 123 Å². The van der Waals surface area contributed by atoms with Gasteiger partial charge < -0.3 is 19.1 Å². The topological polar surface area (TPSA) is 77.6 Å². The van der Waals surface area contributed by atoms with Gasteiger partial charge in [-0.25, -0.2) is 0 Å². The number of rotatable bonds is 6. The lowest BCUT2D eigenvalue weighted by molar-refractivity contribution is 0.129. The first-order valence-electron chi connectivity index (χ1n) is 6.84. The zero-order valence-electron chi connectivity index (χ0n) is 12.7. The second-order valence-electron chi connectivity index (χ2n) is 4.79. The molecule has 0 amide bonds. The largest absolute Gasteiger partial charge is 0.493 e. The van der Waals surface area contributed by atoms with Crippen LogP contribution in [-0.2, 0) is 0 Å². The summed E-state index contributed by atoms with van der Waals surface area (Å²) >= 11 is 0. The number of hydrogen-bond donors (Lipinski definition) is 1. The number of ether oxygens (including phenoxy) is 2. The molecule has 1 aromatic carbocycles. The van der Waals surface area contributed by atoms with Crippen LogP contribution in [0.25, 0.3) is 11.4 Å². The normalized spacial score (nSPS) is 13.8. The summed E-state index contributed by atoms with van der Waals surface area (Å²) in [7, 11) is 3.15. The van der Waals surface area contributed by atoms with E-state index in [0.717, 1.165) is 5.56 Å². The number of aromatic nitrogens is 2. The van der Waals surface area contributed by atoms with E-state index in [-0.39, 0.29) is 5.92 Å². The van der Waals surface area contributed by atoms with Crippen molar-refractivity contribution in [3.63, 3.8) is 0 Å². The molecule has 0 spiro atoms. The molecular weight excluding hydrogens is 272 g/mol. The number of hydrogen-bond acceptors (Lipinski definition) is 6.